The zero-order valence-electron chi connectivity index (χ0n) is 16.0. The van der Waals surface area contributed by atoms with Crippen LogP contribution >= 0.6 is 0 Å². The maximum Gasteiger partial charge on any atom is 0.255 e. The molecular weight excluding hydrogens is 338 g/mol. The van der Waals surface area contributed by atoms with Gasteiger partial charge in [-0.25, -0.2) is 0 Å². The Morgan fingerprint density at radius 2 is 1.93 bits per heavy atom. The van der Waals surface area contributed by atoms with Gasteiger partial charge in [0, 0.05) is 31.5 Å². The van der Waals surface area contributed by atoms with E-state index in [0.717, 1.165) is 30.8 Å². The number of fused-ring (bicyclic) bond motifs is 1. The molecule has 2 aromatic carbocycles. The van der Waals surface area contributed by atoms with Gasteiger partial charge >= 0.3 is 0 Å². The number of likely N-dealkylation sites (N-methyl/N-ethyl adjacent to an activating group) is 1. The van der Waals surface area contributed by atoms with Gasteiger partial charge in [-0.1, -0.05) is 36.4 Å². The van der Waals surface area contributed by atoms with E-state index in [0.29, 0.717) is 6.61 Å². The van der Waals surface area contributed by atoms with Gasteiger partial charge in [-0.15, -0.1) is 0 Å². The van der Waals surface area contributed by atoms with Crippen LogP contribution in [-0.4, -0.2) is 50.7 Å². The Balaban J connectivity index is 1.55. The third-order valence-electron chi connectivity index (χ3n) is 5.61. The van der Waals surface area contributed by atoms with Gasteiger partial charge in [-0.05, 0) is 43.1 Å². The second-order valence-electron chi connectivity index (χ2n) is 7.49. The second-order valence-corrected chi connectivity index (χ2v) is 7.49. The molecular formula is C22H27N3O2. The van der Waals surface area contributed by atoms with Crippen molar-refractivity contribution in [2.75, 3.05) is 44.0 Å². The molecule has 2 atom stereocenters. The van der Waals surface area contributed by atoms with Crippen LogP contribution in [0.5, 0.6) is 0 Å². The summed E-state index contributed by atoms with van der Waals surface area (Å²) in [4.78, 5) is 17.5. The summed E-state index contributed by atoms with van der Waals surface area (Å²) in [5, 5.41) is 3.09. The molecule has 4 rings (SSSR count). The summed E-state index contributed by atoms with van der Waals surface area (Å²) in [6.45, 7) is 2.43. The summed E-state index contributed by atoms with van der Waals surface area (Å²) in [6, 6.07) is 16.2. The van der Waals surface area contributed by atoms with E-state index < -0.39 is 6.10 Å². The second kappa shape index (κ2) is 7.71. The van der Waals surface area contributed by atoms with Gasteiger partial charge in [0.2, 0.25) is 0 Å². The number of amides is 1. The summed E-state index contributed by atoms with van der Waals surface area (Å²) in [5.74, 6) is -0.0891. The SMILES string of the molecule is CN1CCCc2ccc(NC(=O)[C@@H]3OCCN(C)[C@H]3c3ccccc3)cc21. The van der Waals surface area contributed by atoms with Gasteiger partial charge in [0.1, 0.15) is 0 Å². The minimum absolute atomic E-state index is 0.0831. The van der Waals surface area contributed by atoms with Crippen LogP contribution in [0.25, 0.3) is 0 Å². The normalized spacial score (nSPS) is 23.0. The van der Waals surface area contributed by atoms with E-state index in [2.05, 4.69) is 46.4 Å². The minimum Gasteiger partial charge on any atom is -0.374 e. The predicted molar refractivity (Wildman–Crippen MR) is 108 cm³/mol. The van der Waals surface area contributed by atoms with Crippen LogP contribution in [-0.2, 0) is 16.0 Å². The fraction of sp³-hybridized carbons (Fsp3) is 0.409. The molecule has 27 heavy (non-hydrogen) atoms. The summed E-state index contributed by atoms with van der Waals surface area (Å²) in [6.07, 6.45) is 1.75. The van der Waals surface area contributed by atoms with Gasteiger partial charge in [0.05, 0.1) is 12.6 Å². The number of benzene rings is 2. The summed E-state index contributed by atoms with van der Waals surface area (Å²) < 4.78 is 5.92. The lowest BCUT2D eigenvalue weighted by Crippen LogP contribution is -2.48. The first-order chi connectivity index (χ1) is 13.1. The van der Waals surface area contributed by atoms with Crippen molar-refractivity contribution in [3.63, 3.8) is 0 Å². The number of carbonyl (C=O) groups excluding carboxylic acids is 1. The highest BCUT2D eigenvalue weighted by Gasteiger charge is 2.36. The summed E-state index contributed by atoms with van der Waals surface area (Å²) in [5.41, 5.74) is 4.49. The van der Waals surface area contributed by atoms with Crippen molar-refractivity contribution in [2.24, 2.45) is 0 Å². The minimum atomic E-state index is -0.528. The number of aryl methyl sites for hydroxylation is 1. The largest absolute Gasteiger partial charge is 0.374 e. The Labute approximate surface area is 160 Å². The van der Waals surface area contributed by atoms with Crippen molar-refractivity contribution in [2.45, 2.75) is 25.0 Å². The first-order valence-electron chi connectivity index (χ1n) is 9.65. The van der Waals surface area contributed by atoms with Crippen molar-refractivity contribution in [1.29, 1.82) is 0 Å². The number of anilines is 2. The monoisotopic (exact) mass is 365 g/mol. The van der Waals surface area contributed by atoms with Gasteiger partial charge in [0.25, 0.3) is 5.91 Å². The lowest BCUT2D eigenvalue weighted by molar-refractivity contribution is -0.139. The fourth-order valence-corrected chi connectivity index (χ4v) is 4.13. The van der Waals surface area contributed by atoms with E-state index in [9.17, 15) is 4.79 Å². The Morgan fingerprint density at radius 1 is 1.11 bits per heavy atom. The van der Waals surface area contributed by atoms with Gasteiger partial charge in [-0.3, -0.25) is 9.69 Å². The molecule has 0 bridgehead atoms. The first kappa shape index (κ1) is 18.0. The molecule has 5 heteroatoms. The lowest BCUT2D eigenvalue weighted by Gasteiger charge is -2.38. The average Bonchev–Trinajstić information content (AvgIpc) is 2.69. The zero-order chi connectivity index (χ0) is 18.8. The molecule has 0 saturated carbocycles. The van der Waals surface area contributed by atoms with Crippen LogP contribution in [0.1, 0.15) is 23.6 Å². The highest BCUT2D eigenvalue weighted by Crippen LogP contribution is 2.31. The molecule has 0 aromatic heterocycles. The van der Waals surface area contributed by atoms with E-state index >= 15 is 0 Å². The molecule has 1 saturated heterocycles. The predicted octanol–water partition coefficient (Wildman–Crippen LogP) is 3.08. The van der Waals surface area contributed by atoms with Crippen molar-refractivity contribution < 1.29 is 9.53 Å². The molecule has 1 N–H and O–H groups in total. The maximum absolute atomic E-state index is 13.1. The smallest absolute Gasteiger partial charge is 0.255 e. The molecule has 2 aromatic rings. The molecule has 1 amide bonds. The first-order valence-corrected chi connectivity index (χ1v) is 9.65. The standard InChI is InChI=1S/C22H27N3O2/c1-24-12-6-9-16-10-11-18(15-19(16)24)23-22(26)21-20(25(2)13-14-27-21)17-7-4-3-5-8-17/h3-5,7-8,10-11,15,20-21H,6,9,12-14H2,1-2H3,(H,23,26)/t20-,21+/m0/s1. The molecule has 5 nitrogen and oxygen atoms in total. The van der Waals surface area contributed by atoms with Crippen LogP contribution in [0, 0.1) is 0 Å². The van der Waals surface area contributed by atoms with Crippen LogP contribution in [0.15, 0.2) is 48.5 Å². The van der Waals surface area contributed by atoms with Crippen molar-refractivity contribution in [3.05, 3.63) is 59.7 Å². The van der Waals surface area contributed by atoms with Gasteiger partial charge < -0.3 is 15.0 Å². The molecule has 1 fully saturated rings. The zero-order valence-corrected chi connectivity index (χ0v) is 16.0. The number of hydrogen-bond donors (Lipinski definition) is 1. The number of rotatable bonds is 3. The van der Waals surface area contributed by atoms with Crippen LogP contribution in [0.3, 0.4) is 0 Å². The third-order valence-corrected chi connectivity index (χ3v) is 5.61. The Kier molecular flexibility index (Phi) is 5.14. The Morgan fingerprint density at radius 3 is 2.74 bits per heavy atom. The fourth-order valence-electron chi connectivity index (χ4n) is 4.13. The number of nitrogens with one attached hydrogen (secondary N) is 1. The van der Waals surface area contributed by atoms with E-state index in [4.69, 9.17) is 4.74 Å². The number of ether oxygens (including phenoxy) is 1. The highest BCUT2D eigenvalue weighted by molar-refractivity contribution is 5.95. The van der Waals surface area contributed by atoms with E-state index in [-0.39, 0.29) is 11.9 Å². The van der Waals surface area contributed by atoms with Crippen molar-refractivity contribution in [1.82, 2.24) is 4.90 Å². The molecule has 142 valence electrons. The molecule has 0 unspecified atom stereocenters. The number of carbonyl (C=O) groups is 1. The molecule has 2 aliphatic heterocycles. The summed E-state index contributed by atoms with van der Waals surface area (Å²) in [7, 11) is 4.16. The van der Waals surface area contributed by atoms with Crippen LogP contribution < -0.4 is 10.2 Å². The maximum atomic E-state index is 13.1. The number of nitrogens with zero attached hydrogens (tertiary/aromatic N) is 2. The number of morpholine rings is 1. The average molecular weight is 365 g/mol. The third kappa shape index (κ3) is 3.70. The molecule has 2 aliphatic rings. The number of hydrogen-bond acceptors (Lipinski definition) is 4. The van der Waals surface area contributed by atoms with E-state index in [1.54, 1.807) is 0 Å². The van der Waals surface area contributed by atoms with Crippen molar-refractivity contribution >= 4 is 17.3 Å². The quantitative estimate of drug-likeness (QED) is 0.908. The Bertz CT molecular complexity index is 808. The Hall–Kier alpha value is -2.37. The van der Waals surface area contributed by atoms with Gasteiger partial charge in [-0.2, -0.15) is 0 Å². The highest BCUT2D eigenvalue weighted by atomic mass is 16.5. The molecule has 2 heterocycles. The molecule has 0 aliphatic carbocycles. The molecule has 0 spiro atoms. The van der Waals surface area contributed by atoms with Crippen LogP contribution in [0.4, 0.5) is 11.4 Å². The lowest BCUT2D eigenvalue weighted by atomic mass is 9.97. The molecule has 0 radical (unpaired) electrons. The van der Waals surface area contributed by atoms with Crippen LogP contribution in [0.2, 0.25) is 0 Å². The van der Waals surface area contributed by atoms with Gasteiger partial charge in [0.15, 0.2) is 6.10 Å². The van der Waals surface area contributed by atoms with E-state index in [1.807, 2.05) is 31.3 Å². The topological polar surface area (TPSA) is 44.8 Å². The van der Waals surface area contributed by atoms with E-state index in [1.165, 1.54) is 17.7 Å². The summed E-state index contributed by atoms with van der Waals surface area (Å²) >= 11 is 0. The van der Waals surface area contributed by atoms with Crippen molar-refractivity contribution in [3.8, 4) is 0 Å².